The number of rotatable bonds is 3. The number of pyridine rings is 1. The third kappa shape index (κ3) is 3.30. The molecule has 0 fully saturated rings. The molecule has 31 heavy (non-hydrogen) atoms. The molecule has 5 rings (SSSR count). The fourth-order valence-electron chi connectivity index (χ4n) is 4.24. The summed E-state index contributed by atoms with van der Waals surface area (Å²) in [7, 11) is 0. The number of aliphatic imine (C=N–C) groups is 2. The molecule has 0 amide bonds. The van der Waals surface area contributed by atoms with E-state index in [2.05, 4.69) is 9.88 Å². The van der Waals surface area contributed by atoms with Gasteiger partial charge in [0.25, 0.3) is 0 Å². The average molecular weight is 420 g/mol. The fraction of sp³-hybridized carbons (Fsp3) is 0.208. The molecule has 156 valence electrons. The molecule has 0 N–H and O–H groups in total. The largest absolute Gasteiger partial charge is 0.416 e. The summed E-state index contributed by atoms with van der Waals surface area (Å²) in [6.07, 6.45) is 1.81. The van der Waals surface area contributed by atoms with E-state index in [1.54, 1.807) is 18.5 Å². The third-order valence-corrected chi connectivity index (χ3v) is 5.71. The fourth-order valence-corrected chi connectivity index (χ4v) is 4.24. The second-order valence-electron chi connectivity index (χ2n) is 7.60. The van der Waals surface area contributed by atoms with E-state index in [1.807, 2.05) is 42.7 Å². The van der Waals surface area contributed by atoms with Gasteiger partial charge >= 0.3 is 6.18 Å². The van der Waals surface area contributed by atoms with Gasteiger partial charge in [-0.15, -0.1) is 0 Å². The summed E-state index contributed by atoms with van der Waals surface area (Å²) in [5.74, 6) is 0.839. The Morgan fingerprint density at radius 1 is 0.871 bits per heavy atom. The number of hydrogen-bond acceptors (Lipinski definition) is 4. The monoisotopic (exact) mass is 420 g/mol. The van der Waals surface area contributed by atoms with E-state index in [9.17, 15) is 13.2 Å². The van der Waals surface area contributed by atoms with Gasteiger partial charge in [0.05, 0.1) is 11.9 Å². The Labute approximate surface area is 177 Å². The van der Waals surface area contributed by atoms with Crippen molar-refractivity contribution in [3.05, 3.63) is 89.7 Å². The van der Waals surface area contributed by atoms with Crippen LogP contribution in [0.1, 0.15) is 23.1 Å². The number of hydrogen-bond donors (Lipinski definition) is 0. The van der Waals surface area contributed by atoms with Gasteiger partial charge in [-0.25, -0.2) is 0 Å². The molecule has 0 saturated carbocycles. The number of aromatic nitrogens is 1. The lowest BCUT2D eigenvalue weighted by molar-refractivity contribution is -0.137. The summed E-state index contributed by atoms with van der Waals surface area (Å²) in [6.45, 7) is 1.55. The highest BCUT2D eigenvalue weighted by molar-refractivity contribution is 6.07. The van der Waals surface area contributed by atoms with Gasteiger partial charge in [0.15, 0.2) is 5.54 Å². The van der Waals surface area contributed by atoms with Gasteiger partial charge in [0.2, 0.25) is 0 Å². The molecule has 1 unspecified atom stereocenters. The van der Waals surface area contributed by atoms with Crippen LogP contribution in [-0.4, -0.2) is 35.1 Å². The Kier molecular flexibility index (Phi) is 4.61. The standard InChI is InChI=1S/C24H19F3N4/c25-24(26,27)21-7-2-5-18(15-21)17-4-1-6-20(14-17)23(19-8-11-28-12-9-19)22-29-10-3-13-31(22)16-30-23/h1-2,4-9,11-12,14-16H,3,10,13H2. The first-order valence-corrected chi connectivity index (χ1v) is 10.0. The van der Waals surface area contributed by atoms with Crippen molar-refractivity contribution in [1.29, 1.82) is 0 Å². The van der Waals surface area contributed by atoms with Crippen molar-refractivity contribution >= 4 is 12.2 Å². The number of benzene rings is 2. The second-order valence-corrected chi connectivity index (χ2v) is 7.60. The first-order valence-electron chi connectivity index (χ1n) is 10.0. The summed E-state index contributed by atoms with van der Waals surface area (Å²) < 4.78 is 39.7. The van der Waals surface area contributed by atoms with Crippen LogP contribution in [0, 0.1) is 0 Å². The average Bonchev–Trinajstić information content (AvgIpc) is 3.20. The predicted molar refractivity (Wildman–Crippen MR) is 114 cm³/mol. The second kappa shape index (κ2) is 7.34. The third-order valence-electron chi connectivity index (χ3n) is 5.71. The number of fused-ring (bicyclic) bond motifs is 1. The van der Waals surface area contributed by atoms with Crippen LogP contribution < -0.4 is 0 Å². The van der Waals surface area contributed by atoms with Crippen LogP contribution in [0.2, 0.25) is 0 Å². The van der Waals surface area contributed by atoms with Crippen LogP contribution in [0.3, 0.4) is 0 Å². The van der Waals surface area contributed by atoms with Crippen molar-refractivity contribution in [2.75, 3.05) is 13.1 Å². The highest BCUT2D eigenvalue weighted by atomic mass is 19.4. The summed E-state index contributed by atoms with van der Waals surface area (Å²) in [5, 5.41) is 0. The van der Waals surface area contributed by atoms with Gasteiger partial charge in [0.1, 0.15) is 5.84 Å². The Hall–Kier alpha value is -3.48. The molecule has 0 bridgehead atoms. The maximum Gasteiger partial charge on any atom is 0.416 e. The molecule has 2 aliphatic heterocycles. The van der Waals surface area contributed by atoms with Crippen molar-refractivity contribution in [1.82, 2.24) is 9.88 Å². The maximum atomic E-state index is 13.2. The maximum absolute atomic E-state index is 13.2. The minimum atomic E-state index is -4.39. The van der Waals surface area contributed by atoms with Crippen LogP contribution in [0.5, 0.6) is 0 Å². The molecule has 0 aliphatic carbocycles. The Morgan fingerprint density at radius 3 is 2.39 bits per heavy atom. The number of amidine groups is 1. The van der Waals surface area contributed by atoms with E-state index < -0.39 is 17.3 Å². The van der Waals surface area contributed by atoms with Crippen molar-refractivity contribution in [2.45, 2.75) is 18.1 Å². The van der Waals surface area contributed by atoms with E-state index in [0.717, 1.165) is 42.5 Å². The smallest absolute Gasteiger partial charge is 0.319 e. The highest BCUT2D eigenvalue weighted by Gasteiger charge is 2.46. The molecule has 0 spiro atoms. The molecule has 4 nitrogen and oxygen atoms in total. The van der Waals surface area contributed by atoms with Gasteiger partial charge in [-0.1, -0.05) is 30.3 Å². The van der Waals surface area contributed by atoms with Crippen LogP contribution in [0.25, 0.3) is 11.1 Å². The van der Waals surface area contributed by atoms with E-state index in [0.29, 0.717) is 11.1 Å². The van der Waals surface area contributed by atoms with Gasteiger partial charge in [-0.2, -0.15) is 13.2 Å². The van der Waals surface area contributed by atoms with Crippen molar-refractivity contribution in [3.63, 3.8) is 0 Å². The predicted octanol–water partition coefficient (Wildman–Crippen LogP) is 5.16. The van der Waals surface area contributed by atoms with Gasteiger partial charge in [0, 0.05) is 25.5 Å². The van der Waals surface area contributed by atoms with Crippen molar-refractivity contribution in [3.8, 4) is 11.1 Å². The van der Waals surface area contributed by atoms with Crippen LogP contribution in [0.4, 0.5) is 13.2 Å². The van der Waals surface area contributed by atoms with E-state index in [1.165, 1.54) is 12.1 Å². The lowest BCUT2D eigenvalue weighted by Crippen LogP contribution is -2.43. The number of nitrogens with zero attached hydrogens (tertiary/aromatic N) is 4. The first kappa shape index (κ1) is 19.5. The Bertz CT molecular complexity index is 1170. The molecular formula is C24H19F3N4. The summed E-state index contributed by atoms with van der Waals surface area (Å²) in [6, 6.07) is 16.8. The zero-order chi connectivity index (χ0) is 21.5. The van der Waals surface area contributed by atoms with Crippen LogP contribution in [-0.2, 0) is 11.7 Å². The summed E-state index contributed by atoms with van der Waals surface area (Å²) in [4.78, 5) is 15.9. The van der Waals surface area contributed by atoms with E-state index in [4.69, 9.17) is 9.98 Å². The molecule has 3 aromatic rings. The molecule has 0 saturated heterocycles. The topological polar surface area (TPSA) is 40.9 Å². The zero-order valence-electron chi connectivity index (χ0n) is 16.5. The van der Waals surface area contributed by atoms with Crippen LogP contribution in [0.15, 0.2) is 83.0 Å². The normalized spacial score (nSPS) is 20.5. The lowest BCUT2D eigenvalue weighted by atomic mass is 9.81. The molecule has 7 heteroatoms. The first-order chi connectivity index (χ1) is 15.0. The molecule has 0 radical (unpaired) electrons. The van der Waals surface area contributed by atoms with Crippen LogP contribution >= 0.6 is 0 Å². The SMILES string of the molecule is FC(F)(F)c1cccc(-c2cccc(C3(c4ccncc4)N=CN4CCCN=C43)c2)c1. The van der Waals surface area contributed by atoms with Gasteiger partial charge in [-0.3, -0.25) is 15.0 Å². The van der Waals surface area contributed by atoms with Crippen molar-refractivity contribution < 1.29 is 13.2 Å². The Morgan fingerprint density at radius 2 is 1.61 bits per heavy atom. The number of alkyl halides is 3. The number of halogens is 3. The summed E-state index contributed by atoms with van der Waals surface area (Å²) >= 11 is 0. The molecule has 2 aromatic carbocycles. The summed E-state index contributed by atoms with van der Waals surface area (Å²) in [5.41, 5.74) is 1.46. The van der Waals surface area contributed by atoms with Gasteiger partial charge in [-0.05, 0) is 59.0 Å². The quantitative estimate of drug-likeness (QED) is 0.588. The Balaban J connectivity index is 1.67. The minimum Gasteiger partial charge on any atom is -0.319 e. The van der Waals surface area contributed by atoms with E-state index in [-0.39, 0.29) is 0 Å². The zero-order valence-corrected chi connectivity index (χ0v) is 16.5. The lowest BCUT2D eigenvalue weighted by Gasteiger charge is -2.33. The molecule has 1 aromatic heterocycles. The minimum absolute atomic E-state index is 0.506. The highest BCUT2D eigenvalue weighted by Crippen LogP contribution is 2.41. The molecule has 2 aliphatic rings. The molecular weight excluding hydrogens is 401 g/mol. The van der Waals surface area contributed by atoms with Gasteiger partial charge < -0.3 is 4.90 Å². The molecule has 3 heterocycles. The van der Waals surface area contributed by atoms with Crippen molar-refractivity contribution in [2.24, 2.45) is 9.98 Å². The molecule has 1 atom stereocenters. The van der Waals surface area contributed by atoms with E-state index >= 15 is 0 Å².